The lowest BCUT2D eigenvalue weighted by molar-refractivity contribution is 0.0481. The van der Waals surface area contributed by atoms with Crippen molar-refractivity contribution in [1.29, 1.82) is 0 Å². The fourth-order valence-corrected chi connectivity index (χ4v) is 2.05. The highest BCUT2D eigenvalue weighted by Crippen LogP contribution is 2.37. The summed E-state index contributed by atoms with van der Waals surface area (Å²) in [6, 6.07) is 5.29. The number of aromatic nitrogens is 3. The number of hydrogen-bond acceptors (Lipinski definition) is 4. The van der Waals surface area contributed by atoms with Crippen LogP contribution in [0.25, 0.3) is 11.0 Å². The second-order valence-corrected chi connectivity index (χ2v) is 4.99. The van der Waals surface area contributed by atoms with Crippen LogP contribution in [-0.2, 0) is 11.8 Å². The normalized spacial score (nSPS) is 22.1. The Morgan fingerprint density at radius 3 is 3.06 bits per heavy atom. The number of hydrogen-bond donors (Lipinski definition) is 0. The van der Waals surface area contributed by atoms with Crippen molar-refractivity contribution >= 4 is 17.0 Å². The van der Waals surface area contributed by atoms with E-state index in [0.717, 1.165) is 17.5 Å². The molecule has 1 heterocycles. The molecule has 0 bridgehead atoms. The van der Waals surface area contributed by atoms with Crippen molar-refractivity contribution in [3.05, 3.63) is 23.8 Å². The van der Waals surface area contributed by atoms with E-state index in [0.29, 0.717) is 24.0 Å². The third-order valence-corrected chi connectivity index (χ3v) is 3.55. The van der Waals surface area contributed by atoms with Crippen molar-refractivity contribution in [2.24, 2.45) is 18.9 Å². The van der Waals surface area contributed by atoms with Crippen LogP contribution in [0.3, 0.4) is 0 Å². The van der Waals surface area contributed by atoms with Crippen LogP contribution in [-0.4, -0.2) is 27.6 Å². The minimum absolute atomic E-state index is 0.266. The predicted molar refractivity (Wildman–Crippen MR) is 66.1 cm³/mol. The van der Waals surface area contributed by atoms with E-state index in [1.54, 1.807) is 29.9 Å². The van der Waals surface area contributed by atoms with Crippen molar-refractivity contribution in [2.75, 3.05) is 6.61 Å². The van der Waals surface area contributed by atoms with Crippen molar-refractivity contribution < 1.29 is 9.53 Å². The number of aryl methyl sites for hydroxylation is 1. The van der Waals surface area contributed by atoms with Crippen LogP contribution in [0.1, 0.15) is 23.7 Å². The highest BCUT2D eigenvalue weighted by atomic mass is 16.5. The molecule has 1 aliphatic carbocycles. The summed E-state index contributed by atoms with van der Waals surface area (Å²) in [5.41, 5.74) is 2.18. The molecule has 0 spiro atoms. The first-order chi connectivity index (χ1) is 8.65. The molecule has 5 heteroatoms. The van der Waals surface area contributed by atoms with Crippen LogP contribution in [0.5, 0.6) is 0 Å². The van der Waals surface area contributed by atoms with E-state index in [9.17, 15) is 4.79 Å². The molecule has 0 N–H and O–H groups in total. The number of rotatable bonds is 3. The second kappa shape index (κ2) is 4.08. The summed E-state index contributed by atoms with van der Waals surface area (Å²) in [4.78, 5) is 11.9. The van der Waals surface area contributed by atoms with Crippen molar-refractivity contribution in [3.63, 3.8) is 0 Å². The van der Waals surface area contributed by atoms with E-state index < -0.39 is 0 Å². The zero-order valence-corrected chi connectivity index (χ0v) is 10.5. The van der Waals surface area contributed by atoms with Crippen LogP contribution >= 0.6 is 0 Å². The first kappa shape index (κ1) is 11.2. The Labute approximate surface area is 105 Å². The second-order valence-electron chi connectivity index (χ2n) is 4.99. The van der Waals surface area contributed by atoms with Gasteiger partial charge in [-0.15, -0.1) is 5.10 Å². The third kappa shape index (κ3) is 1.96. The lowest BCUT2D eigenvalue weighted by Gasteiger charge is -2.04. The van der Waals surface area contributed by atoms with Gasteiger partial charge in [0, 0.05) is 7.05 Å². The molecule has 1 saturated carbocycles. The van der Waals surface area contributed by atoms with Gasteiger partial charge in [-0.3, -0.25) is 0 Å². The number of carbonyl (C=O) groups excluding carboxylic acids is 1. The number of ether oxygens (including phenoxy) is 1. The molecule has 0 radical (unpaired) electrons. The lowest BCUT2D eigenvalue weighted by atomic mass is 10.2. The molecular formula is C13H15N3O2. The van der Waals surface area contributed by atoms with Crippen LogP contribution in [0.15, 0.2) is 18.2 Å². The molecule has 0 unspecified atom stereocenters. The van der Waals surface area contributed by atoms with Gasteiger partial charge in [0.05, 0.1) is 17.7 Å². The zero-order valence-electron chi connectivity index (χ0n) is 10.5. The van der Waals surface area contributed by atoms with Crippen molar-refractivity contribution in [1.82, 2.24) is 15.0 Å². The Hall–Kier alpha value is -1.91. The summed E-state index contributed by atoms with van der Waals surface area (Å²) in [5, 5.41) is 7.88. The molecule has 3 rings (SSSR count). The molecule has 94 valence electrons. The van der Waals surface area contributed by atoms with E-state index in [-0.39, 0.29) is 5.97 Å². The third-order valence-electron chi connectivity index (χ3n) is 3.55. The molecule has 5 nitrogen and oxygen atoms in total. The molecule has 0 amide bonds. The SMILES string of the molecule is C[C@@H]1C[C@@H]1COC(=O)c1ccc2nnn(C)c2c1. The molecule has 2 atom stereocenters. The van der Waals surface area contributed by atoms with Gasteiger partial charge in [-0.25, -0.2) is 9.48 Å². The lowest BCUT2D eigenvalue weighted by Crippen LogP contribution is -2.08. The standard InChI is InChI=1S/C13H15N3O2/c1-8-5-10(8)7-18-13(17)9-3-4-11-12(6-9)16(2)15-14-11/h3-4,6,8,10H,5,7H2,1-2H3/t8-,10-/m1/s1. The highest BCUT2D eigenvalue weighted by Gasteiger charge is 2.33. The Balaban J connectivity index is 1.76. The summed E-state index contributed by atoms with van der Waals surface area (Å²) < 4.78 is 6.95. The summed E-state index contributed by atoms with van der Waals surface area (Å²) in [7, 11) is 1.80. The van der Waals surface area contributed by atoms with Gasteiger partial charge >= 0.3 is 5.97 Å². The van der Waals surface area contributed by atoms with E-state index in [2.05, 4.69) is 17.2 Å². The van der Waals surface area contributed by atoms with Gasteiger partial charge in [-0.1, -0.05) is 12.1 Å². The summed E-state index contributed by atoms with van der Waals surface area (Å²) in [5.74, 6) is 0.981. The monoisotopic (exact) mass is 245 g/mol. The first-order valence-electron chi connectivity index (χ1n) is 6.11. The van der Waals surface area contributed by atoms with Gasteiger partial charge in [-0.05, 0) is 36.5 Å². The number of benzene rings is 1. The average molecular weight is 245 g/mol. The topological polar surface area (TPSA) is 57.0 Å². The molecule has 1 aromatic heterocycles. The van der Waals surface area contributed by atoms with Crippen LogP contribution in [0.2, 0.25) is 0 Å². The van der Waals surface area contributed by atoms with Gasteiger partial charge in [0.1, 0.15) is 5.52 Å². The van der Waals surface area contributed by atoms with Crippen molar-refractivity contribution in [3.8, 4) is 0 Å². The Morgan fingerprint density at radius 1 is 1.56 bits per heavy atom. The molecule has 1 aromatic carbocycles. The van der Waals surface area contributed by atoms with E-state index in [4.69, 9.17) is 4.74 Å². The number of fused-ring (bicyclic) bond motifs is 1. The largest absolute Gasteiger partial charge is 0.462 e. The van der Waals surface area contributed by atoms with E-state index in [1.165, 1.54) is 0 Å². The smallest absolute Gasteiger partial charge is 0.338 e. The first-order valence-corrected chi connectivity index (χ1v) is 6.11. The number of carbonyl (C=O) groups is 1. The van der Waals surface area contributed by atoms with Crippen LogP contribution in [0, 0.1) is 11.8 Å². The van der Waals surface area contributed by atoms with Crippen LogP contribution in [0.4, 0.5) is 0 Å². The maximum Gasteiger partial charge on any atom is 0.338 e. The molecule has 1 fully saturated rings. The molecule has 1 aliphatic rings. The quantitative estimate of drug-likeness (QED) is 0.773. The average Bonchev–Trinajstić information content (AvgIpc) is 2.96. The predicted octanol–water partition coefficient (Wildman–Crippen LogP) is 1.78. The summed E-state index contributed by atoms with van der Waals surface area (Å²) in [6.45, 7) is 2.70. The Kier molecular flexibility index (Phi) is 2.54. The van der Waals surface area contributed by atoms with Gasteiger partial charge in [0.2, 0.25) is 0 Å². The molecular weight excluding hydrogens is 230 g/mol. The Morgan fingerprint density at radius 2 is 2.33 bits per heavy atom. The summed E-state index contributed by atoms with van der Waals surface area (Å²) >= 11 is 0. The van der Waals surface area contributed by atoms with E-state index >= 15 is 0 Å². The maximum absolute atomic E-state index is 11.9. The highest BCUT2D eigenvalue weighted by molar-refractivity contribution is 5.93. The van der Waals surface area contributed by atoms with Gasteiger partial charge < -0.3 is 4.74 Å². The molecule has 0 saturated heterocycles. The Bertz CT molecular complexity index is 605. The van der Waals surface area contributed by atoms with Crippen molar-refractivity contribution in [2.45, 2.75) is 13.3 Å². The minimum atomic E-state index is -0.266. The molecule has 2 aromatic rings. The van der Waals surface area contributed by atoms with E-state index in [1.807, 2.05) is 0 Å². The fraction of sp³-hybridized carbons (Fsp3) is 0.462. The molecule has 18 heavy (non-hydrogen) atoms. The van der Waals surface area contributed by atoms with Gasteiger partial charge in [-0.2, -0.15) is 0 Å². The van der Waals surface area contributed by atoms with Gasteiger partial charge in [0.15, 0.2) is 0 Å². The fourth-order valence-electron chi connectivity index (χ4n) is 2.05. The van der Waals surface area contributed by atoms with Crippen LogP contribution < -0.4 is 0 Å². The number of nitrogens with zero attached hydrogens (tertiary/aromatic N) is 3. The number of esters is 1. The molecule has 0 aliphatic heterocycles. The maximum atomic E-state index is 11.9. The minimum Gasteiger partial charge on any atom is -0.462 e. The van der Waals surface area contributed by atoms with Gasteiger partial charge in [0.25, 0.3) is 0 Å². The zero-order chi connectivity index (χ0) is 12.7. The summed E-state index contributed by atoms with van der Waals surface area (Å²) in [6.07, 6.45) is 1.16.